The molecule has 1 aromatic rings. The average Bonchev–Trinajstić information content (AvgIpc) is 2.35. The van der Waals surface area contributed by atoms with Crippen molar-refractivity contribution in [1.29, 1.82) is 0 Å². The highest BCUT2D eigenvalue weighted by Crippen LogP contribution is 2.21. The van der Waals surface area contributed by atoms with E-state index in [2.05, 4.69) is 20.7 Å². The van der Waals surface area contributed by atoms with Crippen molar-refractivity contribution in [3.05, 3.63) is 29.3 Å². The van der Waals surface area contributed by atoms with Gasteiger partial charge in [0.1, 0.15) is 0 Å². The normalized spacial score (nSPS) is 12.0. The summed E-state index contributed by atoms with van der Waals surface area (Å²) >= 11 is 1.14. The predicted molar refractivity (Wildman–Crippen MR) is 69.6 cm³/mol. The molecule has 0 amide bonds. The lowest BCUT2D eigenvalue weighted by Gasteiger charge is -2.15. The van der Waals surface area contributed by atoms with Crippen molar-refractivity contribution in [2.45, 2.75) is 5.33 Å². The Bertz CT molecular complexity index is 452. The molecule has 0 saturated heterocycles. The predicted octanol–water partition coefficient (Wildman–Crippen LogP) is 1.94. The van der Waals surface area contributed by atoms with Crippen LogP contribution in [0.5, 0.6) is 0 Å². The maximum Gasteiger partial charge on any atom is 0.337 e. The van der Waals surface area contributed by atoms with E-state index in [1.54, 1.807) is 12.1 Å². The summed E-state index contributed by atoms with van der Waals surface area (Å²) in [6.07, 6.45) is 0. The number of esters is 1. The van der Waals surface area contributed by atoms with Crippen molar-refractivity contribution in [2.75, 3.05) is 18.5 Å². The zero-order valence-corrected chi connectivity index (χ0v) is 11.7. The molecule has 0 heterocycles. The first kappa shape index (κ1) is 14.1. The molecule has 0 fully saturated rings. The highest BCUT2D eigenvalue weighted by Gasteiger charge is 2.13. The molecule has 7 heteroatoms. The fraction of sp³-hybridized carbons (Fsp3) is 0.300. The maximum atomic E-state index is 11.4. The molecule has 0 radical (unpaired) electrons. The summed E-state index contributed by atoms with van der Waals surface area (Å²) in [6.45, 7) is 0. The van der Waals surface area contributed by atoms with Crippen molar-refractivity contribution >= 4 is 38.9 Å². The maximum absolute atomic E-state index is 11.4. The molecule has 0 aromatic heterocycles. The van der Waals surface area contributed by atoms with Gasteiger partial charge in [-0.25, -0.2) is 9.00 Å². The van der Waals surface area contributed by atoms with Crippen LogP contribution in [0.1, 0.15) is 15.9 Å². The summed E-state index contributed by atoms with van der Waals surface area (Å²) in [5.41, 5.74) is 1.64. The fourth-order valence-electron chi connectivity index (χ4n) is 1.26. The number of benzene rings is 1. The van der Waals surface area contributed by atoms with Gasteiger partial charge in [0.15, 0.2) is 0 Å². The lowest BCUT2D eigenvalue weighted by molar-refractivity contribution is 0.0600. The van der Waals surface area contributed by atoms with E-state index in [1.165, 1.54) is 20.2 Å². The van der Waals surface area contributed by atoms with E-state index in [1.807, 2.05) is 0 Å². The van der Waals surface area contributed by atoms with Gasteiger partial charge in [-0.3, -0.25) is 8.86 Å². The van der Waals surface area contributed by atoms with Crippen molar-refractivity contribution in [2.24, 2.45) is 0 Å². The third-order valence-corrected chi connectivity index (χ3v) is 3.48. The number of ether oxygens (including phenoxy) is 1. The number of carbonyl (C=O) groups excluding carboxylic acids is 1. The van der Waals surface area contributed by atoms with E-state index >= 15 is 0 Å². The van der Waals surface area contributed by atoms with Gasteiger partial charge in [0.05, 0.1) is 18.4 Å². The second kappa shape index (κ2) is 6.13. The molecular formula is C10H12BrNO4S. The Morgan fingerprint density at radius 1 is 1.53 bits per heavy atom. The number of hydrogen-bond acceptors (Lipinski definition) is 3. The first-order valence-corrected chi connectivity index (χ1v) is 6.81. The Labute approximate surface area is 110 Å². The summed E-state index contributed by atoms with van der Waals surface area (Å²) in [5, 5.41) is 0.538. The quantitative estimate of drug-likeness (QED) is 0.523. The van der Waals surface area contributed by atoms with E-state index in [9.17, 15) is 9.00 Å². The topological polar surface area (TPSA) is 66.8 Å². The zero-order valence-electron chi connectivity index (χ0n) is 9.34. The highest BCUT2D eigenvalue weighted by atomic mass is 79.9. The number of nitrogens with zero attached hydrogens (tertiary/aromatic N) is 1. The van der Waals surface area contributed by atoms with Gasteiger partial charge in [-0.2, -0.15) is 0 Å². The minimum atomic E-state index is -2.13. The van der Waals surface area contributed by atoms with Gasteiger partial charge < -0.3 is 4.74 Å². The first-order valence-electron chi connectivity index (χ1n) is 4.62. The smallest absolute Gasteiger partial charge is 0.337 e. The first-order chi connectivity index (χ1) is 7.99. The zero-order chi connectivity index (χ0) is 13.0. The van der Waals surface area contributed by atoms with Gasteiger partial charge in [0, 0.05) is 12.4 Å². The number of halogens is 1. The number of alkyl halides is 1. The lowest BCUT2D eigenvalue weighted by atomic mass is 10.1. The molecule has 1 rings (SSSR count). The van der Waals surface area contributed by atoms with Gasteiger partial charge in [-0.15, -0.1) is 0 Å². The van der Waals surface area contributed by atoms with Gasteiger partial charge in [-0.1, -0.05) is 15.9 Å². The Morgan fingerprint density at radius 2 is 2.18 bits per heavy atom. The monoisotopic (exact) mass is 321 g/mol. The van der Waals surface area contributed by atoms with Crippen LogP contribution in [0.25, 0.3) is 0 Å². The molecule has 0 bridgehead atoms. The van der Waals surface area contributed by atoms with E-state index in [0.717, 1.165) is 9.87 Å². The second-order valence-electron chi connectivity index (χ2n) is 3.24. The van der Waals surface area contributed by atoms with Crippen LogP contribution in [0.15, 0.2) is 18.2 Å². The average molecular weight is 322 g/mol. The third kappa shape index (κ3) is 3.52. The van der Waals surface area contributed by atoms with Gasteiger partial charge in [0.2, 0.25) is 0 Å². The van der Waals surface area contributed by atoms with E-state index < -0.39 is 17.2 Å². The van der Waals surface area contributed by atoms with Crippen molar-refractivity contribution in [1.82, 2.24) is 0 Å². The molecule has 94 valence electrons. The molecule has 1 atom stereocenters. The minimum Gasteiger partial charge on any atom is -0.465 e. The number of rotatable bonds is 4. The molecule has 0 aliphatic carbocycles. The van der Waals surface area contributed by atoms with Crippen LogP contribution >= 0.6 is 15.9 Å². The second-order valence-corrected chi connectivity index (χ2v) is 4.81. The summed E-state index contributed by atoms with van der Waals surface area (Å²) in [5.74, 6) is -0.480. The third-order valence-electron chi connectivity index (χ3n) is 2.15. The van der Waals surface area contributed by atoms with Crippen LogP contribution < -0.4 is 4.31 Å². The van der Waals surface area contributed by atoms with Crippen LogP contribution in [0.3, 0.4) is 0 Å². The van der Waals surface area contributed by atoms with Crippen molar-refractivity contribution in [3.8, 4) is 0 Å². The van der Waals surface area contributed by atoms with E-state index in [-0.39, 0.29) is 0 Å². The van der Waals surface area contributed by atoms with Crippen LogP contribution in [0.4, 0.5) is 5.69 Å². The molecule has 1 N–H and O–H groups in total. The number of methoxy groups -OCH3 is 1. The van der Waals surface area contributed by atoms with Crippen molar-refractivity contribution in [3.63, 3.8) is 0 Å². The summed E-state index contributed by atoms with van der Waals surface area (Å²) in [4.78, 5) is 11.4. The molecular weight excluding hydrogens is 310 g/mol. The minimum absolute atomic E-state index is 0.344. The Kier molecular flexibility index (Phi) is 5.10. The van der Waals surface area contributed by atoms with E-state index in [4.69, 9.17) is 4.55 Å². The largest absolute Gasteiger partial charge is 0.465 e. The molecule has 17 heavy (non-hydrogen) atoms. The summed E-state index contributed by atoms with van der Waals surface area (Å²) < 4.78 is 25.7. The molecule has 1 unspecified atom stereocenters. The summed E-state index contributed by atoms with van der Waals surface area (Å²) in [6, 6.07) is 4.89. The number of anilines is 1. The molecule has 0 aliphatic heterocycles. The SMILES string of the molecule is COC(=O)c1cc(CBr)cc(N(C)S(=O)O)c1. The Hall–Kier alpha value is -0.920. The molecule has 0 spiro atoms. The van der Waals surface area contributed by atoms with Gasteiger partial charge in [0.25, 0.3) is 11.3 Å². The summed E-state index contributed by atoms with van der Waals surface area (Å²) in [7, 11) is 2.75. The van der Waals surface area contributed by atoms with Crippen molar-refractivity contribution < 1.29 is 18.3 Å². The lowest BCUT2D eigenvalue weighted by Crippen LogP contribution is -2.20. The van der Waals surface area contributed by atoms with Crippen LogP contribution in [0.2, 0.25) is 0 Å². The standard InChI is InChI=1S/C10H12BrNO4S/c1-12(17(14)15)9-4-7(6-11)3-8(5-9)10(13)16-2/h3-5H,6H2,1-2H3,(H,14,15). The highest BCUT2D eigenvalue weighted by molar-refractivity contribution is 9.08. The van der Waals surface area contributed by atoms with Crippen LogP contribution in [-0.4, -0.2) is 28.9 Å². The van der Waals surface area contributed by atoms with Crippen LogP contribution in [0, 0.1) is 0 Å². The molecule has 0 saturated carbocycles. The Morgan fingerprint density at radius 3 is 2.65 bits per heavy atom. The Balaban J connectivity index is 3.22. The molecule has 0 aliphatic rings. The molecule has 5 nitrogen and oxygen atoms in total. The van der Waals surface area contributed by atoms with E-state index in [0.29, 0.717) is 16.6 Å². The fourth-order valence-corrected chi connectivity index (χ4v) is 1.87. The molecule has 1 aromatic carbocycles. The van der Waals surface area contributed by atoms with Crippen LogP contribution in [-0.2, 0) is 21.3 Å². The number of hydrogen-bond donors (Lipinski definition) is 1. The van der Waals surface area contributed by atoms with Gasteiger partial charge >= 0.3 is 5.97 Å². The van der Waals surface area contributed by atoms with Gasteiger partial charge in [-0.05, 0) is 23.8 Å². The number of carbonyl (C=O) groups is 1.